The summed E-state index contributed by atoms with van der Waals surface area (Å²) in [6.07, 6.45) is 0.705. The normalized spacial score (nSPS) is 14.6. The van der Waals surface area contributed by atoms with Crippen molar-refractivity contribution in [2.24, 2.45) is 0 Å². The Kier molecular flexibility index (Phi) is 4.42. The predicted molar refractivity (Wildman–Crippen MR) is 66.0 cm³/mol. The van der Waals surface area contributed by atoms with Gasteiger partial charge in [-0.3, -0.25) is 4.84 Å². The van der Waals surface area contributed by atoms with E-state index in [0.717, 1.165) is 0 Å². The van der Waals surface area contributed by atoms with E-state index >= 15 is 0 Å². The van der Waals surface area contributed by atoms with E-state index in [9.17, 15) is 13.2 Å². The van der Waals surface area contributed by atoms with E-state index in [0.29, 0.717) is 31.1 Å². The monoisotopic (exact) mass is 303 g/mol. The van der Waals surface area contributed by atoms with Crippen LogP contribution in [0, 0.1) is 0 Å². The summed E-state index contributed by atoms with van der Waals surface area (Å²) in [6.45, 7) is 0.155. The van der Waals surface area contributed by atoms with Gasteiger partial charge < -0.3 is 14.6 Å². The molecule has 2 N–H and O–H groups in total. The van der Waals surface area contributed by atoms with Crippen LogP contribution in [0.5, 0.6) is 11.5 Å². The van der Waals surface area contributed by atoms with E-state index in [2.05, 4.69) is 4.84 Å². The highest BCUT2D eigenvalue weighted by molar-refractivity contribution is 7.89. The van der Waals surface area contributed by atoms with E-state index in [1.807, 2.05) is 0 Å². The SMILES string of the molecule is O=C(O)CONS(=O)(=O)c1ccc2c(c1)OCCCO2. The number of hydrogen-bond donors (Lipinski definition) is 2. The lowest BCUT2D eigenvalue weighted by molar-refractivity contribution is -0.143. The number of ether oxygens (including phenoxy) is 2. The molecule has 0 saturated carbocycles. The first-order valence-corrected chi connectivity index (χ1v) is 7.22. The topological polar surface area (TPSA) is 111 Å². The molecule has 0 aliphatic carbocycles. The average Bonchev–Trinajstić information content (AvgIpc) is 2.62. The smallest absolute Gasteiger partial charge is 0.331 e. The Morgan fingerprint density at radius 3 is 2.70 bits per heavy atom. The van der Waals surface area contributed by atoms with Gasteiger partial charge >= 0.3 is 5.97 Å². The Hall–Kier alpha value is -1.84. The van der Waals surface area contributed by atoms with Crippen LogP contribution in [0.2, 0.25) is 0 Å². The zero-order valence-corrected chi connectivity index (χ0v) is 11.2. The molecule has 1 heterocycles. The molecule has 0 bridgehead atoms. The third-order valence-electron chi connectivity index (χ3n) is 2.39. The summed E-state index contributed by atoms with van der Waals surface area (Å²) < 4.78 is 34.5. The van der Waals surface area contributed by atoms with Crippen molar-refractivity contribution in [1.82, 2.24) is 4.89 Å². The van der Waals surface area contributed by atoms with Gasteiger partial charge in [0, 0.05) is 12.5 Å². The molecule has 1 aliphatic rings. The second-order valence-corrected chi connectivity index (χ2v) is 5.57. The summed E-state index contributed by atoms with van der Waals surface area (Å²) >= 11 is 0. The predicted octanol–water partition coefficient (Wildman–Crippen LogP) is 0.142. The second-order valence-electron chi connectivity index (χ2n) is 3.93. The summed E-state index contributed by atoms with van der Waals surface area (Å²) in [4.78, 5) is 16.2. The zero-order valence-electron chi connectivity index (χ0n) is 10.4. The molecule has 1 aliphatic heterocycles. The van der Waals surface area contributed by atoms with Gasteiger partial charge in [-0.15, -0.1) is 0 Å². The largest absolute Gasteiger partial charge is 0.490 e. The van der Waals surface area contributed by atoms with Crippen molar-refractivity contribution in [1.29, 1.82) is 0 Å². The van der Waals surface area contributed by atoms with Gasteiger partial charge in [0.25, 0.3) is 10.0 Å². The molecule has 9 heteroatoms. The lowest BCUT2D eigenvalue weighted by atomic mass is 10.3. The summed E-state index contributed by atoms with van der Waals surface area (Å²) in [5.41, 5.74) is 0. The number of benzene rings is 1. The number of carbonyl (C=O) groups is 1. The van der Waals surface area contributed by atoms with E-state index in [-0.39, 0.29) is 4.90 Å². The van der Waals surface area contributed by atoms with Crippen LogP contribution in [0.15, 0.2) is 23.1 Å². The van der Waals surface area contributed by atoms with E-state index in [4.69, 9.17) is 14.6 Å². The third kappa shape index (κ3) is 3.59. The molecule has 2 rings (SSSR count). The maximum atomic E-state index is 11.9. The third-order valence-corrected chi connectivity index (χ3v) is 3.61. The minimum atomic E-state index is -3.97. The summed E-state index contributed by atoms with van der Waals surface area (Å²) in [7, 11) is -3.97. The van der Waals surface area contributed by atoms with Gasteiger partial charge in [-0.2, -0.15) is 0 Å². The molecule has 1 aromatic carbocycles. The van der Waals surface area contributed by atoms with Gasteiger partial charge in [0.05, 0.1) is 18.1 Å². The van der Waals surface area contributed by atoms with Crippen LogP contribution in [0.3, 0.4) is 0 Å². The fourth-order valence-corrected chi connectivity index (χ4v) is 2.35. The van der Waals surface area contributed by atoms with Crippen molar-refractivity contribution in [2.45, 2.75) is 11.3 Å². The summed E-state index contributed by atoms with van der Waals surface area (Å²) in [6, 6.07) is 4.10. The molecule has 0 saturated heterocycles. The highest BCUT2D eigenvalue weighted by Crippen LogP contribution is 2.31. The minimum absolute atomic E-state index is 0.105. The van der Waals surface area contributed by atoms with Gasteiger partial charge in [0.1, 0.15) is 0 Å². The molecule has 0 radical (unpaired) electrons. The Balaban J connectivity index is 2.15. The number of fused-ring (bicyclic) bond motifs is 1. The highest BCUT2D eigenvalue weighted by Gasteiger charge is 2.19. The molecule has 0 fully saturated rings. The maximum Gasteiger partial charge on any atom is 0.331 e. The van der Waals surface area contributed by atoms with Crippen LogP contribution in [0.25, 0.3) is 0 Å². The van der Waals surface area contributed by atoms with Crippen LogP contribution in [0.4, 0.5) is 0 Å². The molecule has 0 spiro atoms. The van der Waals surface area contributed by atoms with Crippen molar-refractivity contribution in [2.75, 3.05) is 19.8 Å². The Morgan fingerprint density at radius 1 is 1.30 bits per heavy atom. The van der Waals surface area contributed by atoms with Crippen molar-refractivity contribution in [3.05, 3.63) is 18.2 Å². The lowest BCUT2D eigenvalue weighted by Crippen LogP contribution is -2.26. The fourth-order valence-electron chi connectivity index (χ4n) is 1.53. The van der Waals surface area contributed by atoms with Crippen LogP contribution < -0.4 is 14.4 Å². The van der Waals surface area contributed by atoms with Crippen molar-refractivity contribution in [3.8, 4) is 11.5 Å². The molecular formula is C11H13NO7S. The quantitative estimate of drug-likeness (QED) is 0.744. The van der Waals surface area contributed by atoms with E-state index in [1.165, 1.54) is 18.2 Å². The number of carboxylic acids is 1. The molecule has 1 aromatic rings. The van der Waals surface area contributed by atoms with Gasteiger partial charge in [-0.05, 0) is 12.1 Å². The standard InChI is InChI=1S/C11H13NO7S/c13-11(14)7-19-12-20(15,16)8-2-3-9-10(6-8)18-5-1-4-17-9/h2-3,6,12H,1,4-5,7H2,(H,13,14). The number of carboxylic acid groups (broad SMARTS) is 1. The van der Waals surface area contributed by atoms with Gasteiger partial charge in [0.2, 0.25) is 0 Å². The van der Waals surface area contributed by atoms with Crippen LogP contribution in [0.1, 0.15) is 6.42 Å². The Morgan fingerprint density at radius 2 is 2.00 bits per heavy atom. The Bertz CT molecular complexity index is 599. The molecule has 8 nitrogen and oxygen atoms in total. The molecule has 0 aromatic heterocycles. The van der Waals surface area contributed by atoms with Crippen molar-refractivity contribution >= 4 is 16.0 Å². The first-order chi connectivity index (χ1) is 9.49. The number of hydrogen-bond acceptors (Lipinski definition) is 6. The van der Waals surface area contributed by atoms with Gasteiger partial charge in [-0.25, -0.2) is 13.2 Å². The number of sulfonamides is 1. The first kappa shape index (κ1) is 14.6. The molecular weight excluding hydrogens is 290 g/mol. The van der Waals surface area contributed by atoms with E-state index < -0.39 is 22.6 Å². The van der Waals surface area contributed by atoms with E-state index in [1.54, 1.807) is 4.89 Å². The summed E-state index contributed by atoms with van der Waals surface area (Å²) in [5, 5.41) is 8.37. The second kappa shape index (κ2) is 6.07. The molecule has 0 unspecified atom stereocenters. The molecule has 20 heavy (non-hydrogen) atoms. The highest BCUT2D eigenvalue weighted by atomic mass is 32.2. The summed E-state index contributed by atoms with van der Waals surface area (Å²) in [5.74, 6) is -0.497. The maximum absolute atomic E-state index is 11.9. The van der Waals surface area contributed by atoms with Gasteiger partial charge in [-0.1, -0.05) is 4.89 Å². The average molecular weight is 303 g/mol. The molecule has 0 amide bonds. The minimum Gasteiger partial charge on any atom is -0.490 e. The number of aliphatic carboxylic acids is 1. The number of nitrogens with one attached hydrogen (secondary N) is 1. The first-order valence-electron chi connectivity index (χ1n) is 5.74. The van der Waals surface area contributed by atoms with Crippen LogP contribution >= 0.6 is 0 Å². The van der Waals surface area contributed by atoms with Crippen molar-refractivity contribution < 1.29 is 32.6 Å². The molecule has 0 atom stereocenters. The molecule has 110 valence electrons. The van der Waals surface area contributed by atoms with Crippen LogP contribution in [-0.2, 0) is 19.7 Å². The van der Waals surface area contributed by atoms with Crippen LogP contribution in [-0.4, -0.2) is 39.3 Å². The lowest BCUT2D eigenvalue weighted by Gasteiger charge is -2.10. The van der Waals surface area contributed by atoms with Crippen molar-refractivity contribution in [3.63, 3.8) is 0 Å². The fraction of sp³-hybridized carbons (Fsp3) is 0.364. The van der Waals surface area contributed by atoms with Gasteiger partial charge in [0.15, 0.2) is 18.1 Å². The Labute approximate surface area is 115 Å². The number of rotatable bonds is 5. The zero-order chi connectivity index (χ0) is 14.6.